The molecule has 0 radical (unpaired) electrons. The highest BCUT2D eigenvalue weighted by molar-refractivity contribution is 5.69. The monoisotopic (exact) mass is 252 g/mol. The smallest absolute Gasteiger partial charge is 0.306 e. The lowest BCUT2D eigenvalue weighted by Crippen LogP contribution is -2.08. The SMILES string of the molecule is CCCC(C)=CCCC(C)=CCCC(C)C(=O)O. The van der Waals surface area contributed by atoms with Crippen LogP contribution in [0.3, 0.4) is 0 Å². The molecule has 0 aliphatic carbocycles. The summed E-state index contributed by atoms with van der Waals surface area (Å²) >= 11 is 0. The van der Waals surface area contributed by atoms with Crippen molar-refractivity contribution in [1.82, 2.24) is 0 Å². The lowest BCUT2D eigenvalue weighted by Gasteiger charge is -2.04. The van der Waals surface area contributed by atoms with Crippen LogP contribution in [0.25, 0.3) is 0 Å². The number of carboxylic acid groups (broad SMARTS) is 1. The highest BCUT2D eigenvalue weighted by atomic mass is 16.4. The fourth-order valence-electron chi connectivity index (χ4n) is 1.85. The van der Waals surface area contributed by atoms with E-state index in [4.69, 9.17) is 5.11 Å². The Balaban J connectivity index is 3.85. The zero-order valence-electron chi connectivity index (χ0n) is 12.3. The van der Waals surface area contributed by atoms with Gasteiger partial charge in [-0.2, -0.15) is 0 Å². The summed E-state index contributed by atoms with van der Waals surface area (Å²) in [6, 6.07) is 0. The van der Waals surface area contributed by atoms with Crippen LogP contribution in [0.1, 0.15) is 66.2 Å². The summed E-state index contributed by atoms with van der Waals surface area (Å²) in [6.45, 7) is 8.29. The van der Waals surface area contributed by atoms with Gasteiger partial charge in [-0.25, -0.2) is 0 Å². The Morgan fingerprint density at radius 3 is 2.22 bits per heavy atom. The van der Waals surface area contributed by atoms with Crippen LogP contribution in [0.5, 0.6) is 0 Å². The second kappa shape index (κ2) is 9.93. The topological polar surface area (TPSA) is 37.3 Å². The van der Waals surface area contributed by atoms with Gasteiger partial charge in [0.2, 0.25) is 0 Å². The third-order valence-corrected chi connectivity index (χ3v) is 3.19. The van der Waals surface area contributed by atoms with E-state index in [1.54, 1.807) is 6.92 Å². The zero-order chi connectivity index (χ0) is 14.0. The molecule has 0 saturated carbocycles. The largest absolute Gasteiger partial charge is 0.481 e. The van der Waals surface area contributed by atoms with Crippen molar-refractivity contribution in [2.45, 2.75) is 66.2 Å². The van der Waals surface area contributed by atoms with Gasteiger partial charge < -0.3 is 5.11 Å². The van der Waals surface area contributed by atoms with Crippen LogP contribution < -0.4 is 0 Å². The predicted molar refractivity (Wildman–Crippen MR) is 77.7 cm³/mol. The first-order valence-electron chi connectivity index (χ1n) is 7.01. The first kappa shape index (κ1) is 16.9. The van der Waals surface area contributed by atoms with Gasteiger partial charge in [0.25, 0.3) is 0 Å². The van der Waals surface area contributed by atoms with Crippen molar-refractivity contribution in [3.63, 3.8) is 0 Å². The molecular formula is C16H28O2. The van der Waals surface area contributed by atoms with E-state index in [0.29, 0.717) is 0 Å². The quantitative estimate of drug-likeness (QED) is 0.589. The minimum atomic E-state index is -0.695. The van der Waals surface area contributed by atoms with Gasteiger partial charge in [-0.15, -0.1) is 0 Å². The molecule has 1 unspecified atom stereocenters. The van der Waals surface area contributed by atoms with Crippen molar-refractivity contribution in [3.8, 4) is 0 Å². The minimum absolute atomic E-state index is 0.235. The third kappa shape index (κ3) is 9.03. The fraction of sp³-hybridized carbons (Fsp3) is 0.688. The molecule has 0 aromatic carbocycles. The molecular weight excluding hydrogens is 224 g/mol. The average molecular weight is 252 g/mol. The molecule has 0 aliphatic heterocycles. The maximum atomic E-state index is 10.7. The lowest BCUT2D eigenvalue weighted by molar-refractivity contribution is -0.141. The standard InChI is InChI=1S/C16H28O2/c1-5-8-13(2)9-6-10-14(3)11-7-12-15(4)16(17)18/h9,11,15H,5-8,10,12H2,1-4H3,(H,17,18). The Hall–Kier alpha value is -1.05. The van der Waals surface area contributed by atoms with E-state index in [9.17, 15) is 4.79 Å². The van der Waals surface area contributed by atoms with E-state index in [1.165, 1.54) is 24.0 Å². The predicted octanol–water partition coefficient (Wildman–Crippen LogP) is 4.96. The Labute approximate surface area is 112 Å². The lowest BCUT2D eigenvalue weighted by atomic mass is 10.0. The van der Waals surface area contributed by atoms with Gasteiger partial charge in [0, 0.05) is 0 Å². The molecule has 0 aliphatic rings. The summed E-state index contributed by atoms with van der Waals surface area (Å²) in [4.78, 5) is 10.7. The summed E-state index contributed by atoms with van der Waals surface area (Å²) < 4.78 is 0. The molecule has 1 atom stereocenters. The Morgan fingerprint density at radius 1 is 1.11 bits per heavy atom. The Bertz CT molecular complexity index is 300. The van der Waals surface area contributed by atoms with Gasteiger partial charge in [-0.3, -0.25) is 4.79 Å². The first-order chi connectivity index (χ1) is 8.47. The number of aliphatic carboxylic acids is 1. The van der Waals surface area contributed by atoms with Gasteiger partial charge in [0.15, 0.2) is 0 Å². The molecule has 2 nitrogen and oxygen atoms in total. The molecule has 0 rings (SSSR count). The van der Waals surface area contributed by atoms with Gasteiger partial charge in [-0.05, 0) is 46.0 Å². The Kier molecular flexibility index (Phi) is 9.35. The number of rotatable bonds is 9. The summed E-state index contributed by atoms with van der Waals surface area (Å²) in [7, 11) is 0. The van der Waals surface area contributed by atoms with Gasteiger partial charge >= 0.3 is 5.97 Å². The molecule has 0 spiro atoms. The summed E-state index contributed by atoms with van der Waals surface area (Å²) in [5, 5.41) is 8.77. The molecule has 0 aromatic heterocycles. The van der Waals surface area contributed by atoms with E-state index < -0.39 is 5.97 Å². The molecule has 104 valence electrons. The molecule has 0 bridgehead atoms. The number of allylic oxidation sites excluding steroid dienone is 4. The van der Waals surface area contributed by atoms with E-state index >= 15 is 0 Å². The van der Waals surface area contributed by atoms with E-state index in [1.807, 2.05) is 0 Å². The van der Waals surface area contributed by atoms with Crippen molar-refractivity contribution in [3.05, 3.63) is 23.3 Å². The Morgan fingerprint density at radius 2 is 1.67 bits per heavy atom. The molecule has 0 fully saturated rings. The number of hydrogen-bond donors (Lipinski definition) is 1. The summed E-state index contributed by atoms with van der Waals surface area (Å²) in [6.07, 6.45) is 10.7. The highest BCUT2D eigenvalue weighted by Gasteiger charge is 2.08. The van der Waals surface area contributed by atoms with Crippen LogP contribution in [0.15, 0.2) is 23.3 Å². The van der Waals surface area contributed by atoms with E-state index in [2.05, 4.69) is 32.9 Å². The minimum Gasteiger partial charge on any atom is -0.481 e. The number of carboxylic acids is 1. The van der Waals surface area contributed by atoms with Crippen molar-refractivity contribution in [2.24, 2.45) is 5.92 Å². The van der Waals surface area contributed by atoms with Gasteiger partial charge in [0.05, 0.1) is 5.92 Å². The normalized spacial score (nSPS) is 14.7. The van der Waals surface area contributed by atoms with Crippen molar-refractivity contribution in [1.29, 1.82) is 0 Å². The molecule has 0 saturated heterocycles. The fourth-order valence-corrected chi connectivity index (χ4v) is 1.85. The van der Waals surface area contributed by atoms with Gasteiger partial charge in [0.1, 0.15) is 0 Å². The molecule has 18 heavy (non-hydrogen) atoms. The van der Waals surface area contributed by atoms with Crippen LogP contribution in [-0.4, -0.2) is 11.1 Å². The zero-order valence-corrected chi connectivity index (χ0v) is 12.3. The molecule has 0 amide bonds. The maximum Gasteiger partial charge on any atom is 0.306 e. The van der Waals surface area contributed by atoms with Crippen LogP contribution in [0.4, 0.5) is 0 Å². The van der Waals surface area contributed by atoms with Crippen molar-refractivity contribution in [2.75, 3.05) is 0 Å². The summed E-state index contributed by atoms with van der Waals surface area (Å²) in [5.74, 6) is -0.931. The van der Waals surface area contributed by atoms with Crippen LogP contribution in [0.2, 0.25) is 0 Å². The number of hydrogen-bond acceptors (Lipinski definition) is 1. The van der Waals surface area contributed by atoms with Crippen molar-refractivity contribution < 1.29 is 9.90 Å². The first-order valence-corrected chi connectivity index (χ1v) is 7.01. The van der Waals surface area contributed by atoms with E-state index in [-0.39, 0.29) is 5.92 Å². The molecule has 1 N–H and O–H groups in total. The van der Waals surface area contributed by atoms with Crippen molar-refractivity contribution >= 4 is 5.97 Å². The average Bonchev–Trinajstić information content (AvgIpc) is 2.29. The van der Waals surface area contributed by atoms with Crippen LogP contribution in [-0.2, 0) is 4.79 Å². The van der Waals surface area contributed by atoms with Gasteiger partial charge in [-0.1, -0.05) is 43.6 Å². The summed E-state index contributed by atoms with van der Waals surface area (Å²) in [5.41, 5.74) is 2.85. The second-order valence-corrected chi connectivity index (χ2v) is 5.21. The maximum absolute atomic E-state index is 10.7. The van der Waals surface area contributed by atoms with Crippen LogP contribution >= 0.6 is 0 Å². The molecule has 0 aromatic rings. The number of carbonyl (C=O) groups is 1. The third-order valence-electron chi connectivity index (χ3n) is 3.19. The molecule has 0 heterocycles. The molecule has 2 heteroatoms. The highest BCUT2D eigenvalue weighted by Crippen LogP contribution is 2.13. The second-order valence-electron chi connectivity index (χ2n) is 5.21. The van der Waals surface area contributed by atoms with E-state index in [0.717, 1.165) is 25.7 Å². The van der Waals surface area contributed by atoms with Crippen LogP contribution in [0, 0.1) is 5.92 Å².